The average molecular weight is 257 g/mol. The summed E-state index contributed by atoms with van der Waals surface area (Å²) >= 11 is 0. The van der Waals surface area contributed by atoms with Gasteiger partial charge in [0.2, 0.25) is 0 Å². The smallest absolute Gasteiger partial charge is 0.0233 e. The van der Waals surface area contributed by atoms with Crippen LogP contribution < -0.4 is 0 Å². The first-order chi connectivity index (χ1) is 9.33. The van der Waals surface area contributed by atoms with Crippen LogP contribution in [0.1, 0.15) is 68.1 Å². The second-order valence-corrected chi connectivity index (χ2v) is 6.52. The van der Waals surface area contributed by atoms with Gasteiger partial charge >= 0.3 is 0 Å². The standard InChI is InChI=1S/C18H27N/c1-15-7-6-8-17-13-16(9-10-18(15)17)14-19-11-4-2-3-5-12-19/h9-10,13,15H,2-8,11-12,14H2,1H3. The summed E-state index contributed by atoms with van der Waals surface area (Å²) in [5.74, 6) is 0.774. The van der Waals surface area contributed by atoms with E-state index in [1.54, 1.807) is 11.1 Å². The van der Waals surface area contributed by atoms with Gasteiger partial charge in [-0.3, -0.25) is 4.90 Å². The van der Waals surface area contributed by atoms with Crippen molar-refractivity contribution in [3.05, 3.63) is 34.9 Å². The summed E-state index contributed by atoms with van der Waals surface area (Å²) in [6, 6.07) is 7.29. The van der Waals surface area contributed by atoms with E-state index in [9.17, 15) is 0 Å². The third-order valence-corrected chi connectivity index (χ3v) is 4.93. The fourth-order valence-electron chi connectivity index (χ4n) is 3.76. The molecule has 0 aromatic heterocycles. The molecule has 0 saturated carbocycles. The lowest BCUT2D eigenvalue weighted by Gasteiger charge is -2.25. The first-order valence-corrected chi connectivity index (χ1v) is 8.17. The lowest BCUT2D eigenvalue weighted by molar-refractivity contribution is 0.277. The van der Waals surface area contributed by atoms with Gasteiger partial charge in [-0.25, -0.2) is 0 Å². The van der Waals surface area contributed by atoms with E-state index in [0.717, 1.165) is 5.92 Å². The van der Waals surface area contributed by atoms with Crippen molar-refractivity contribution >= 4 is 0 Å². The molecule has 1 heteroatoms. The monoisotopic (exact) mass is 257 g/mol. The van der Waals surface area contributed by atoms with E-state index in [4.69, 9.17) is 0 Å². The van der Waals surface area contributed by atoms with Gasteiger partial charge in [-0.1, -0.05) is 38.0 Å². The third-order valence-electron chi connectivity index (χ3n) is 4.93. The van der Waals surface area contributed by atoms with Crippen molar-refractivity contribution in [2.45, 2.75) is 64.3 Å². The molecular weight excluding hydrogens is 230 g/mol. The Balaban J connectivity index is 1.71. The van der Waals surface area contributed by atoms with Crippen LogP contribution in [0.15, 0.2) is 18.2 Å². The first kappa shape index (κ1) is 13.2. The van der Waals surface area contributed by atoms with Crippen LogP contribution in [0.25, 0.3) is 0 Å². The Labute approximate surface area is 118 Å². The van der Waals surface area contributed by atoms with E-state index >= 15 is 0 Å². The maximum Gasteiger partial charge on any atom is 0.0233 e. The van der Waals surface area contributed by atoms with E-state index in [-0.39, 0.29) is 0 Å². The van der Waals surface area contributed by atoms with Crippen LogP contribution in [-0.4, -0.2) is 18.0 Å². The molecule has 1 aliphatic carbocycles. The summed E-state index contributed by atoms with van der Waals surface area (Å²) in [5, 5.41) is 0. The quantitative estimate of drug-likeness (QED) is 0.754. The highest BCUT2D eigenvalue weighted by Crippen LogP contribution is 2.31. The normalized spacial score (nSPS) is 24.8. The minimum atomic E-state index is 0.774. The predicted octanol–water partition coefficient (Wildman–Crippen LogP) is 4.50. The van der Waals surface area contributed by atoms with Crippen molar-refractivity contribution in [2.75, 3.05) is 13.1 Å². The zero-order valence-corrected chi connectivity index (χ0v) is 12.3. The summed E-state index contributed by atoms with van der Waals surface area (Å²) in [6.07, 6.45) is 9.69. The Hall–Kier alpha value is -0.820. The van der Waals surface area contributed by atoms with Gasteiger partial charge in [0.15, 0.2) is 0 Å². The van der Waals surface area contributed by atoms with Gasteiger partial charge in [0, 0.05) is 6.54 Å². The van der Waals surface area contributed by atoms with Crippen molar-refractivity contribution in [3.8, 4) is 0 Å². The lowest BCUT2D eigenvalue weighted by atomic mass is 9.83. The Morgan fingerprint density at radius 2 is 1.84 bits per heavy atom. The highest BCUT2D eigenvalue weighted by atomic mass is 15.1. The number of benzene rings is 1. The lowest BCUT2D eigenvalue weighted by Crippen LogP contribution is -2.24. The topological polar surface area (TPSA) is 3.24 Å². The van der Waals surface area contributed by atoms with Crippen LogP contribution in [-0.2, 0) is 13.0 Å². The second-order valence-electron chi connectivity index (χ2n) is 6.52. The molecule has 0 amide bonds. The third kappa shape index (κ3) is 3.20. The molecule has 0 radical (unpaired) electrons. The zero-order valence-electron chi connectivity index (χ0n) is 12.3. The van der Waals surface area contributed by atoms with Gasteiger partial charge in [-0.05, 0) is 67.8 Å². The Bertz CT molecular complexity index is 416. The summed E-state index contributed by atoms with van der Waals surface area (Å²) in [6.45, 7) is 6.15. The van der Waals surface area contributed by atoms with E-state index in [1.165, 1.54) is 70.1 Å². The number of nitrogens with zero attached hydrogens (tertiary/aromatic N) is 1. The van der Waals surface area contributed by atoms with Gasteiger partial charge in [0.1, 0.15) is 0 Å². The summed E-state index contributed by atoms with van der Waals surface area (Å²) < 4.78 is 0. The summed E-state index contributed by atoms with van der Waals surface area (Å²) in [4.78, 5) is 2.65. The molecule has 104 valence electrons. The molecule has 1 aliphatic heterocycles. The van der Waals surface area contributed by atoms with Gasteiger partial charge in [0.25, 0.3) is 0 Å². The second kappa shape index (κ2) is 6.09. The van der Waals surface area contributed by atoms with Crippen molar-refractivity contribution in [1.82, 2.24) is 4.90 Å². The van der Waals surface area contributed by atoms with E-state index in [2.05, 4.69) is 30.0 Å². The van der Waals surface area contributed by atoms with Crippen molar-refractivity contribution in [2.24, 2.45) is 0 Å². The van der Waals surface area contributed by atoms with E-state index < -0.39 is 0 Å². The summed E-state index contributed by atoms with van der Waals surface area (Å²) in [7, 11) is 0. The molecule has 1 aromatic rings. The number of aryl methyl sites for hydroxylation is 1. The van der Waals surface area contributed by atoms with Gasteiger partial charge in [0.05, 0.1) is 0 Å². The van der Waals surface area contributed by atoms with Crippen LogP contribution in [0.2, 0.25) is 0 Å². The molecule has 3 rings (SSSR count). The predicted molar refractivity (Wildman–Crippen MR) is 81.5 cm³/mol. The Morgan fingerprint density at radius 3 is 2.63 bits per heavy atom. The summed E-state index contributed by atoms with van der Waals surface area (Å²) in [5.41, 5.74) is 4.78. The fraction of sp³-hybridized carbons (Fsp3) is 0.667. The molecule has 1 fully saturated rings. The number of likely N-dealkylation sites (tertiary alicyclic amines) is 1. The molecule has 1 nitrogen and oxygen atoms in total. The average Bonchev–Trinajstić information content (AvgIpc) is 2.68. The SMILES string of the molecule is CC1CCCc2cc(CN3CCCCCC3)ccc21. The highest BCUT2D eigenvalue weighted by Gasteiger charge is 2.17. The number of rotatable bonds is 2. The van der Waals surface area contributed by atoms with Crippen LogP contribution in [0, 0.1) is 0 Å². The Kier molecular flexibility index (Phi) is 4.22. The van der Waals surface area contributed by atoms with Crippen LogP contribution >= 0.6 is 0 Å². The molecule has 0 N–H and O–H groups in total. The van der Waals surface area contributed by atoms with Crippen LogP contribution in [0.3, 0.4) is 0 Å². The number of hydrogen-bond donors (Lipinski definition) is 0. The van der Waals surface area contributed by atoms with E-state index in [1.807, 2.05) is 0 Å². The Morgan fingerprint density at radius 1 is 1.05 bits per heavy atom. The van der Waals surface area contributed by atoms with Crippen molar-refractivity contribution in [3.63, 3.8) is 0 Å². The molecule has 1 atom stereocenters. The molecular formula is C18H27N. The number of hydrogen-bond acceptors (Lipinski definition) is 1. The largest absolute Gasteiger partial charge is 0.299 e. The molecule has 1 aromatic carbocycles. The molecule has 0 spiro atoms. The molecule has 1 heterocycles. The van der Waals surface area contributed by atoms with Crippen molar-refractivity contribution < 1.29 is 0 Å². The maximum atomic E-state index is 2.65. The molecule has 2 aliphatic rings. The van der Waals surface area contributed by atoms with Crippen LogP contribution in [0.5, 0.6) is 0 Å². The molecule has 1 saturated heterocycles. The molecule has 1 unspecified atom stereocenters. The first-order valence-electron chi connectivity index (χ1n) is 8.17. The van der Waals surface area contributed by atoms with Gasteiger partial charge in [-0.15, -0.1) is 0 Å². The van der Waals surface area contributed by atoms with Crippen molar-refractivity contribution in [1.29, 1.82) is 0 Å². The zero-order chi connectivity index (χ0) is 13.1. The van der Waals surface area contributed by atoms with Crippen LogP contribution in [0.4, 0.5) is 0 Å². The van der Waals surface area contributed by atoms with Gasteiger partial charge < -0.3 is 0 Å². The molecule has 0 bridgehead atoms. The van der Waals surface area contributed by atoms with Gasteiger partial charge in [-0.2, -0.15) is 0 Å². The maximum absolute atomic E-state index is 2.65. The minimum Gasteiger partial charge on any atom is -0.299 e. The molecule has 19 heavy (non-hydrogen) atoms. The fourth-order valence-corrected chi connectivity index (χ4v) is 3.76. The minimum absolute atomic E-state index is 0.774. The van der Waals surface area contributed by atoms with E-state index in [0.29, 0.717) is 0 Å². The number of fused-ring (bicyclic) bond motifs is 1. The highest BCUT2D eigenvalue weighted by molar-refractivity contribution is 5.36.